The molecule has 0 radical (unpaired) electrons. The van der Waals surface area contributed by atoms with Crippen molar-refractivity contribution in [2.75, 3.05) is 0 Å². The summed E-state index contributed by atoms with van der Waals surface area (Å²) < 4.78 is 27.6. The van der Waals surface area contributed by atoms with Gasteiger partial charge in [0.15, 0.2) is 0 Å². The minimum Gasteiger partial charge on any atom is -0.327 e. The highest BCUT2D eigenvalue weighted by Crippen LogP contribution is 2.30. The second kappa shape index (κ2) is 4.23. The molecule has 0 fully saturated rings. The Morgan fingerprint density at radius 3 is 2.59 bits per heavy atom. The first kappa shape index (κ1) is 12.3. The minimum atomic E-state index is -3.51. The van der Waals surface area contributed by atoms with Crippen molar-refractivity contribution in [2.24, 2.45) is 16.0 Å². The lowest BCUT2D eigenvalue weighted by Crippen LogP contribution is -2.32. The van der Waals surface area contributed by atoms with Gasteiger partial charge in [0, 0.05) is 17.5 Å². The largest absolute Gasteiger partial charge is 0.327 e. The zero-order valence-electron chi connectivity index (χ0n) is 9.92. The van der Waals surface area contributed by atoms with Gasteiger partial charge in [-0.15, -0.1) is 0 Å². The molecule has 1 heterocycles. The van der Waals surface area contributed by atoms with Crippen LogP contribution in [0, 0.1) is 5.92 Å². The lowest BCUT2D eigenvalue weighted by Gasteiger charge is -2.18. The maximum absolute atomic E-state index is 11.9. The molecule has 0 aromatic heterocycles. The van der Waals surface area contributed by atoms with E-state index in [1.54, 1.807) is 18.2 Å². The fourth-order valence-corrected chi connectivity index (χ4v) is 3.50. The molecular weight excluding hydrogens is 236 g/mol. The summed E-state index contributed by atoms with van der Waals surface area (Å²) in [7, 11) is -3.51. The molecule has 0 aliphatic carbocycles. The van der Waals surface area contributed by atoms with Crippen LogP contribution in [0.25, 0.3) is 0 Å². The predicted molar refractivity (Wildman–Crippen MR) is 67.6 cm³/mol. The van der Waals surface area contributed by atoms with E-state index in [1.807, 2.05) is 19.9 Å². The van der Waals surface area contributed by atoms with E-state index >= 15 is 0 Å². The van der Waals surface area contributed by atoms with E-state index in [0.717, 1.165) is 6.42 Å². The molecule has 0 amide bonds. The second-order valence-electron chi connectivity index (χ2n) is 4.32. The lowest BCUT2D eigenvalue weighted by molar-refractivity contribution is 0.551. The van der Waals surface area contributed by atoms with E-state index in [-0.39, 0.29) is 12.0 Å². The number of rotatable bonds is 3. The van der Waals surface area contributed by atoms with Crippen molar-refractivity contribution < 1.29 is 8.42 Å². The van der Waals surface area contributed by atoms with Crippen molar-refractivity contribution in [3.8, 4) is 0 Å². The highest BCUT2D eigenvalue weighted by molar-refractivity contribution is 7.90. The van der Waals surface area contributed by atoms with E-state index < -0.39 is 10.0 Å². The first-order chi connectivity index (χ1) is 7.97. The summed E-state index contributed by atoms with van der Waals surface area (Å²) >= 11 is 0. The number of fused-ring (bicyclic) bond motifs is 1. The van der Waals surface area contributed by atoms with E-state index in [1.165, 1.54) is 0 Å². The molecule has 1 aromatic rings. The van der Waals surface area contributed by atoms with E-state index in [2.05, 4.69) is 4.40 Å². The molecule has 92 valence electrons. The van der Waals surface area contributed by atoms with Crippen molar-refractivity contribution in [1.82, 2.24) is 0 Å². The maximum Gasteiger partial charge on any atom is 0.283 e. The summed E-state index contributed by atoms with van der Waals surface area (Å²) in [6, 6.07) is 6.81. The van der Waals surface area contributed by atoms with Crippen LogP contribution in [0.3, 0.4) is 0 Å². The average molecular weight is 252 g/mol. The Kier molecular flexibility index (Phi) is 3.05. The smallest absolute Gasteiger partial charge is 0.283 e. The molecule has 5 heteroatoms. The van der Waals surface area contributed by atoms with Gasteiger partial charge in [-0.3, -0.25) is 0 Å². The second-order valence-corrected chi connectivity index (χ2v) is 5.89. The zero-order valence-corrected chi connectivity index (χ0v) is 10.7. The number of hydrogen-bond donors (Lipinski definition) is 1. The molecule has 4 nitrogen and oxygen atoms in total. The first-order valence-electron chi connectivity index (χ1n) is 5.67. The van der Waals surface area contributed by atoms with Crippen LogP contribution in [0.4, 0.5) is 0 Å². The van der Waals surface area contributed by atoms with E-state index in [4.69, 9.17) is 5.73 Å². The van der Waals surface area contributed by atoms with Gasteiger partial charge in [-0.05, 0) is 19.4 Å². The maximum atomic E-state index is 11.9. The minimum absolute atomic E-state index is 0.0200. The van der Waals surface area contributed by atoms with Crippen molar-refractivity contribution in [1.29, 1.82) is 0 Å². The van der Waals surface area contributed by atoms with Crippen LogP contribution in [-0.2, 0) is 10.0 Å². The van der Waals surface area contributed by atoms with Crippen LogP contribution >= 0.6 is 0 Å². The SMILES string of the molecule is CCC(C1=NS(=O)(=O)c2ccccc21)C(C)N. The van der Waals surface area contributed by atoms with E-state index in [9.17, 15) is 8.42 Å². The number of nitrogens with zero attached hydrogens (tertiary/aromatic N) is 1. The third kappa shape index (κ3) is 2.00. The number of sulfonamides is 1. The molecule has 1 aromatic carbocycles. The Morgan fingerprint density at radius 2 is 2.00 bits per heavy atom. The van der Waals surface area contributed by atoms with Crippen LogP contribution < -0.4 is 5.73 Å². The quantitative estimate of drug-likeness (QED) is 0.887. The zero-order chi connectivity index (χ0) is 12.6. The van der Waals surface area contributed by atoms with Crippen LogP contribution in [0.15, 0.2) is 33.6 Å². The number of nitrogens with two attached hydrogens (primary N) is 1. The highest BCUT2D eigenvalue weighted by atomic mass is 32.2. The monoisotopic (exact) mass is 252 g/mol. The fourth-order valence-electron chi connectivity index (χ4n) is 2.21. The third-order valence-electron chi connectivity index (χ3n) is 3.09. The van der Waals surface area contributed by atoms with Crippen molar-refractivity contribution in [3.05, 3.63) is 29.8 Å². The normalized spacial score (nSPS) is 20.5. The summed E-state index contributed by atoms with van der Waals surface area (Å²) in [5.41, 5.74) is 7.21. The number of hydrogen-bond acceptors (Lipinski definition) is 3. The molecular formula is C12H16N2O2S. The van der Waals surface area contributed by atoms with Gasteiger partial charge in [0.1, 0.15) is 0 Å². The molecule has 2 atom stereocenters. The highest BCUT2D eigenvalue weighted by Gasteiger charge is 2.33. The van der Waals surface area contributed by atoms with Gasteiger partial charge >= 0.3 is 0 Å². The van der Waals surface area contributed by atoms with Crippen LogP contribution in [-0.4, -0.2) is 20.2 Å². The van der Waals surface area contributed by atoms with Gasteiger partial charge in [-0.2, -0.15) is 12.8 Å². The molecule has 1 aliphatic heterocycles. The lowest BCUT2D eigenvalue weighted by atomic mass is 9.89. The van der Waals surface area contributed by atoms with Gasteiger partial charge in [0.2, 0.25) is 0 Å². The molecule has 0 spiro atoms. The van der Waals surface area contributed by atoms with Crippen molar-refractivity contribution in [3.63, 3.8) is 0 Å². The molecule has 2 unspecified atom stereocenters. The summed E-state index contributed by atoms with van der Waals surface area (Å²) in [6.45, 7) is 3.87. The van der Waals surface area contributed by atoms with Gasteiger partial charge < -0.3 is 5.73 Å². The van der Waals surface area contributed by atoms with Crippen molar-refractivity contribution in [2.45, 2.75) is 31.2 Å². The third-order valence-corrected chi connectivity index (χ3v) is 4.43. The number of benzene rings is 1. The standard InChI is InChI=1S/C12H16N2O2S/c1-3-9(8(2)13)12-10-6-4-5-7-11(10)17(15,16)14-12/h4-9H,3,13H2,1-2H3. The van der Waals surface area contributed by atoms with E-state index in [0.29, 0.717) is 16.2 Å². The van der Waals surface area contributed by atoms with Crippen LogP contribution in [0.5, 0.6) is 0 Å². The summed E-state index contributed by atoms with van der Waals surface area (Å²) in [6.07, 6.45) is 0.778. The predicted octanol–water partition coefficient (Wildman–Crippen LogP) is 1.55. The Labute approximate surface area is 102 Å². The molecule has 0 saturated heterocycles. The molecule has 2 rings (SSSR count). The van der Waals surface area contributed by atoms with Gasteiger partial charge in [-0.1, -0.05) is 25.1 Å². The Bertz CT molecular complexity index is 562. The summed E-state index contributed by atoms with van der Waals surface area (Å²) in [5, 5.41) is 0. The summed E-state index contributed by atoms with van der Waals surface area (Å²) in [5.74, 6) is -0.0200. The molecule has 2 N–H and O–H groups in total. The molecule has 0 bridgehead atoms. The molecule has 17 heavy (non-hydrogen) atoms. The van der Waals surface area contributed by atoms with Gasteiger partial charge in [0.05, 0.1) is 10.6 Å². The van der Waals surface area contributed by atoms with Crippen molar-refractivity contribution >= 4 is 15.7 Å². The fraction of sp³-hybridized carbons (Fsp3) is 0.417. The Morgan fingerprint density at radius 1 is 1.35 bits per heavy atom. The first-order valence-corrected chi connectivity index (χ1v) is 7.11. The van der Waals surface area contributed by atoms with Crippen LogP contribution in [0.1, 0.15) is 25.8 Å². The molecule has 0 saturated carbocycles. The Balaban J connectivity index is 2.59. The Hall–Kier alpha value is -1.20. The van der Waals surface area contributed by atoms with Gasteiger partial charge in [-0.25, -0.2) is 0 Å². The average Bonchev–Trinajstić information content (AvgIpc) is 2.53. The van der Waals surface area contributed by atoms with Crippen LogP contribution in [0.2, 0.25) is 0 Å². The molecule has 1 aliphatic rings. The summed E-state index contributed by atoms with van der Waals surface area (Å²) in [4.78, 5) is 0.300. The van der Waals surface area contributed by atoms with Gasteiger partial charge in [0.25, 0.3) is 10.0 Å². The topological polar surface area (TPSA) is 72.5 Å².